The molecule has 0 saturated heterocycles. The Bertz CT molecular complexity index is 551. The molecule has 0 aliphatic rings. The monoisotopic (exact) mass is 184 g/mol. The topological polar surface area (TPSA) is 41.8 Å². The van der Waals surface area contributed by atoms with Crippen molar-refractivity contribution in [3.63, 3.8) is 0 Å². The quantitative estimate of drug-likeness (QED) is 0.631. The number of para-hydroxylation sites is 1. The maximum Gasteiger partial charge on any atom is 0.136 e. The highest BCUT2D eigenvalue weighted by molar-refractivity contribution is 5.91. The first-order chi connectivity index (χ1) is 6.95. The lowest BCUT2D eigenvalue weighted by molar-refractivity contribution is 0.583. The first-order valence-electron chi connectivity index (χ1n) is 4.41. The molecule has 0 amide bonds. The Morgan fingerprint density at radius 3 is 3.00 bits per heavy atom. The average Bonchev–Trinajstić information content (AvgIpc) is 2.88. The standard InChI is InChI=1S/C11H8N2O/c1-3-8-7-12-13-11(8)9(4-1)10-5-2-6-14-10/h1-7H,(H,12,13). The summed E-state index contributed by atoms with van der Waals surface area (Å²) in [4.78, 5) is 0. The Morgan fingerprint density at radius 2 is 2.14 bits per heavy atom. The van der Waals surface area contributed by atoms with Crippen LogP contribution in [0.4, 0.5) is 0 Å². The molecule has 1 N–H and O–H groups in total. The summed E-state index contributed by atoms with van der Waals surface area (Å²) in [5, 5.41) is 8.07. The molecule has 0 spiro atoms. The van der Waals surface area contributed by atoms with Gasteiger partial charge >= 0.3 is 0 Å². The van der Waals surface area contributed by atoms with Crippen molar-refractivity contribution in [3.05, 3.63) is 42.8 Å². The summed E-state index contributed by atoms with van der Waals surface area (Å²) in [5.41, 5.74) is 2.06. The molecule has 3 rings (SSSR count). The molecule has 0 unspecified atom stereocenters. The fourth-order valence-electron chi connectivity index (χ4n) is 1.61. The molecule has 0 radical (unpaired) electrons. The van der Waals surface area contributed by atoms with Crippen molar-refractivity contribution in [2.24, 2.45) is 0 Å². The van der Waals surface area contributed by atoms with Crippen molar-refractivity contribution in [3.8, 4) is 11.3 Å². The van der Waals surface area contributed by atoms with E-state index in [9.17, 15) is 0 Å². The largest absolute Gasteiger partial charge is 0.464 e. The highest BCUT2D eigenvalue weighted by atomic mass is 16.3. The number of nitrogens with zero attached hydrogens (tertiary/aromatic N) is 1. The molecule has 3 aromatic rings. The van der Waals surface area contributed by atoms with Gasteiger partial charge in [0.15, 0.2) is 0 Å². The minimum atomic E-state index is 0.861. The van der Waals surface area contributed by atoms with Crippen LogP contribution in [0.3, 0.4) is 0 Å². The molecular formula is C11H8N2O. The minimum absolute atomic E-state index is 0.861. The van der Waals surface area contributed by atoms with Crippen LogP contribution >= 0.6 is 0 Å². The van der Waals surface area contributed by atoms with E-state index in [4.69, 9.17) is 4.42 Å². The molecule has 14 heavy (non-hydrogen) atoms. The van der Waals surface area contributed by atoms with Crippen molar-refractivity contribution in [2.45, 2.75) is 0 Å². The Kier molecular flexibility index (Phi) is 1.44. The molecule has 0 fully saturated rings. The molecule has 3 nitrogen and oxygen atoms in total. The van der Waals surface area contributed by atoms with E-state index in [0.29, 0.717) is 0 Å². The predicted molar refractivity (Wildman–Crippen MR) is 53.8 cm³/mol. The Labute approximate surface area is 80.4 Å². The third-order valence-electron chi connectivity index (χ3n) is 2.26. The van der Waals surface area contributed by atoms with Gasteiger partial charge in [-0.05, 0) is 18.2 Å². The second kappa shape index (κ2) is 2.73. The van der Waals surface area contributed by atoms with Crippen LogP contribution in [0, 0.1) is 0 Å². The summed E-state index contributed by atoms with van der Waals surface area (Å²) in [7, 11) is 0. The van der Waals surface area contributed by atoms with Crippen molar-refractivity contribution in [2.75, 3.05) is 0 Å². The second-order valence-corrected chi connectivity index (χ2v) is 3.12. The summed E-state index contributed by atoms with van der Waals surface area (Å²) in [5.74, 6) is 0.861. The van der Waals surface area contributed by atoms with Gasteiger partial charge in [0.2, 0.25) is 0 Å². The minimum Gasteiger partial charge on any atom is -0.464 e. The van der Waals surface area contributed by atoms with E-state index >= 15 is 0 Å². The normalized spacial score (nSPS) is 10.9. The van der Waals surface area contributed by atoms with Gasteiger partial charge in [0.05, 0.1) is 18.0 Å². The van der Waals surface area contributed by atoms with E-state index in [1.807, 2.05) is 36.5 Å². The van der Waals surface area contributed by atoms with Crippen LogP contribution in [0.5, 0.6) is 0 Å². The van der Waals surface area contributed by atoms with Gasteiger partial charge in [-0.1, -0.05) is 12.1 Å². The maximum atomic E-state index is 5.35. The maximum absolute atomic E-state index is 5.35. The first kappa shape index (κ1) is 7.38. The van der Waals surface area contributed by atoms with Gasteiger partial charge in [0, 0.05) is 10.9 Å². The molecule has 0 bridgehead atoms. The van der Waals surface area contributed by atoms with Crippen LogP contribution in [0.15, 0.2) is 47.2 Å². The number of furan rings is 1. The van der Waals surface area contributed by atoms with Crippen LogP contribution in [-0.2, 0) is 0 Å². The van der Waals surface area contributed by atoms with Gasteiger partial charge in [0.1, 0.15) is 5.76 Å². The van der Waals surface area contributed by atoms with Crippen molar-refractivity contribution >= 4 is 10.9 Å². The zero-order valence-electron chi connectivity index (χ0n) is 7.40. The summed E-state index contributed by atoms with van der Waals surface area (Å²) >= 11 is 0. The molecule has 0 atom stereocenters. The zero-order chi connectivity index (χ0) is 9.38. The number of nitrogens with one attached hydrogen (secondary N) is 1. The van der Waals surface area contributed by atoms with E-state index in [1.165, 1.54) is 0 Å². The van der Waals surface area contributed by atoms with Gasteiger partial charge < -0.3 is 4.42 Å². The van der Waals surface area contributed by atoms with E-state index < -0.39 is 0 Å². The number of rotatable bonds is 1. The number of benzene rings is 1. The molecular weight excluding hydrogens is 176 g/mol. The number of aromatic amines is 1. The van der Waals surface area contributed by atoms with Crippen LogP contribution < -0.4 is 0 Å². The molecule has 68 valence electrons. The number of hydrogen-bond acceptors (Lipinski definition) is 2. The average molecular weight is 184 g/mol. The van der Waals surface area contributed by atoms with Gasteiger partial charge in [-0.3, -0.25) is 5.10 Å². The van der Waals surface area contributed by atoms with Crippen molar-refractivity contribution in [1.82, 2.24) is 10.2 Å². The fraction of sp³-hybridized carbons (Fsp3) is 0. The lowest BCUT2D eigenvalue weighted by Crippen LogP contribution is -1.76. The Hall–Kier alpha value is -2.03. The predicted octanol–water partition coefficient (Wildman–Crippen LogP) is 2.82. The smallest absolute Gasteiger partial charge is 0.136 e. The van der Waals surface area contributed by atoms with Gasteiger partial charge in [-0.2, -0.15) is 5.10 Å². The Balaban J connectivity index is 2.36. The molecule has 2 heterocycles. The molecule has 1 aromatic carbocycles. The molecule has 0 aliphatic heterocycles. The van der Waals surface area contributed by atoms with Gasteiger partial charge in [0.25, 0.3) is 0 Å². The Morgan fingerprint density at radius 1 is 1.14 bits per heavy atom. The summed E-state index contributed by atoms with van der Waals surface area (Å²) in [6, 6.07) is 9.85. The molecule has 2 aromatic heterocycles. The third kappa shape index (κ3) is 0.956. The summed E-state index contributed by atoms with van der Waals surface area (Å²) in [6.45, 7) is 0. The highest BCUT2D eigenvalue weighted by Gasteiger charge is 2.06. The third-order valence-corrected chi connectivity index (χ3v) is 2.26. The lowest BCUT2D eigenvalue weighted by Gasteiger charge is -1.97. The van der Waals surface area contributed by atoms with Crippen LogP contribution in [0.2, 0.25) is 0 Å². The van der Waals surface area contributed by atoms with Gasteiger partial charge in [-0.25, -0.2) is 0 Å². The highest BCUT2D eigenvalue weighted by Crippen LogP contribution is 2.26. The van der Waals surface area contributed by atoms with Crippen LogP contribution in [0.1, 0.15) is 0 Å². The van der Waals surface area contributed by atoms with E-state index in [1.54, 1.807) is 6.26 Å². The second-order valence-electron chi connectivity index (χ2n) is 3.12. The zero-order valence-corrected chi connectivity index (χ0v) is 7.40. The fourth-order valence-corrected chi connectivity index (χ4v) is 1.61. The number of H-pyrrole nitrogens is 1. The van der Waals surface area contributed by atoms with E-state index in [0.717, 1.165) is 22.2 Å². The molecule has 3 heteroatoms. The number of fused-ring (bicyclic) bond motifs is 1. The number of aromatic nitrogens is 2. The van der Waals surface area contributed by atoms with Crippen LogP contribution in [0.25, 0.3) is 22.2 Å². The first-order valence-corrected chi connectivity index (χ1v) is 4.41. The summed E-state index contributed by atoms with van der Waals surface area (Å²) in [6.07, 6.45) is 3.48. The van der Waals surface area contributed by atoms with Crippen molar-refractivity contribution < 1.29 is 4.42 Å². The number of hydrogen-bond donors (Lipinski definition) is 1. The van der Waals surface area contributed by atoms with E-state index in [-0.39, 0.29) is 0 Å². The van der Waals surface area contributed by atoms with Crippen LogP contribution in [-0.4, -0.2) is 10.2 Å². The molecule has 0 aliphatic carbocycles. The summed E-state index contributed by atoms with van der Waals surface area (Å²) < 4.78 is 5.35. The lowest BCUT2D eigenvalue weighted by atomic mass is 10.1. The SMILES string of the molecule is c1coc(-c2cccc3cn[nH]c23)c1. The van der Waals surface area contributed by atoms with Crippen molar-refractivity contribution in [1.29, 1.82) is 0 Å². The van der Waals surface area contributed by atoms with E-state index in [2.05, 4.69) is 10.2 Å². The molecule has 0 saturated carbocycles. The van der Waals surface area contributed by atoms with Gasteiger partial charge in [-0.15, -0.1) is 0 Å².